The number of aromatic nitrogens is 1. The van der Waals surface area contributed by atoms with Crippen molar-refractivity contribution in [2.24, 2.45) is 11.7 Å². The van der Waals surface area contributed by atoms with Gasteiger partial charge in [0.15, 0.2) is 5.78 Å². The molecule has 2 aliphatic rings. The average Bonchev–Trinajstić information content (AvgIpc) is 2.96. The number of carbonyl (C=O) groups is 1. The Hall–Kier alpha value is -1.22. The Labute approximate surface area is 82.3 Å². The van der Waals surface area contributed by atoms with E-state index in [1.54, 1.807) is 6.20 Å². The van der Waals surface area contributed by atoms with E-state index in [9.17, 15) is 4.79 Å². The van der Waals surface area contributed by atoms with Gasteiger partial charge in [0, 0.05) is 6.20 Å². The summed E-state index contributed by atoms with van der Waals surface area (Å²) in [5.41, 5.74) is 8.06. The van der Waals surface area contributed by atoms with Gasteiger partial charge < -0.3 is 5.73 Å². The quantitative estimate of drug-likeness (QED) is 0.650. The molecule has 1 unspecified atom stereocenters. The topological polar surface area (TPSA) is 56.0 Å². The second-order valence-corrected chi connectivity index (χ2v) is 4.21. The van der Waals surface area contributed by atoms with Crippen molar-refractivity contribution < 1.29 is 4.79 Å². The molecule has 0 radical (unpaired) electrons. The van der Waals surface area contributed by atoms with Crippen LogP contribution in [0.15, 0.2) is 18.3 Å². The number of nitrogens with zero attached hydrogens (tertiary/aromatic N) is 1. The zero-order valence-corrected chi connectivity index (χ0v) is 7.81. The first-order valence-corrected chi connectivity index (χ1v) is 4.99. The lowest BCUT2D eigenvalue weighted by Gasteiger charge is -2.05. The van der Waals surface area contributed by atoms with E-state index in [0.29, 0.717) is 18.3 Å². The van der Waals surface area contributed by atoms with Gasteiger partial charge in [-0.2, -0.15) is 0 Å². The van der Waals surface area contributed by atoms with Crippen molar-refractivity contribution in [3.05, 3.63) is 29.6 Å². The normalized spacial score (nSPS) is 34.4. The van der Waals surface area contributed by atoms with Gasteiger partial charge in [0.25, 0.3) is 0 Å². The summed E-state index contributed by atoms with van der Waals surface area (Å²) in [6.45, 7) is 0. The van der Waals surface area contributed by atoms with Gasteiger partial charge in [0.05, 0.1) is 18.2 Å². The number of Topliss-reactive ketones (excluding diaryl/α,β-unsaturated/α-hetero) is 1. The van der Waals surface area contributed by atoms with Crippen molar-refractivity contribution in [3.63, 3.8) is 0 Å². The molecule has 0 aliphatic heterocycles. The van der Waals surface area contributed by atoms with Crippen LogP contribution in [0, 0.1) is 5.92 Å². The molecule has 0 saturated heterocycles. The van der Waals surface area contributed by atoms with Crippen LogP contribution in [0.2, 0.25) is 0 Å². The Bertz CT molecular complexity index is 402. The van der Waals surface area contributed by atoms with Crippen molar-refractivity contribution in [1.82, 2.24) is 4.98 Å². The van der Waals surface area contributed by atoms with Crippen molar-refractivity contribution in [1.29, 1.82) is 0 Å². The van der Waals surface area contributed by atoms with Gasteiger partial charge in [0.2, 0.25) is 0 Å². The van der Waals surface area contributed by atoms with Crippen LogP contribution >= 0.6 is 0 Å². The first-order valence-electron chi connectivity index (χ1n) is 4.99. The van der Waals surface area contributed by atoms with E-state index in [1.165, 1.54) is 5.56 Å². The molecule has 2 aliphatic carbocycles. The molecule has 72 valence electrons. The van der Waals surface area contributed by atoms with Crippen molar-refractivity contribution in [2.45, 2.75) is 24.8 Å². The first-order chi connectivity index (χ1) is 6.77. The van der Waals surface area contributed by atoms with E-state index in [1.807, 2.05) is 6.07 Å². The molecule has 3 nitrogen and oxygen atoms in total. The minimum atomic E-state index is -0.255. The van der Waals surface area contributed by atoms with E-state index in [-0.39, 0.29) is 11.8 Å². The summed E-state index contributed by atoms with van der Waals surface area (Å²) in [5, 5.41) is 0. The zero-order valence-electron chi connectivity index (χ0n) is 7.81. The third-order valence-electron chi connectivity index (χ3n) is 3.34. The Morgan fingerprint density at radius 1 is 1.50 bits per heavy atom. The molecule has 1 aromatic rings. The van der Waals surface area contributed by atoms with Crippen LogP contribution in [0.25, 0.3) is 0 Å². The highest BCUT2D eigenvalue weighted by molar-refractivity contribution is 5.87. The van der Waals surface area contributed by atoms with Crippen LogP contribution in [0.4, 0.5) is 0 Å². The SMILES string of the molecule is N[C@@H]1C(=O)Cc2ncccc2[C@@H]2CC12. The van der Waals surface area contributed by atoms with E-state index in [2.05, 4.69) is 11.1 Å². The third-order valence-corrected chi connectivity index (χ3v) is 3.34. The van der Waals surface area contributed by atoms with Crippen molar-refractivity contribution in [3.8, 4) is 0 Å². The summed E-state index contributed by atoms with van der Waals surface area (Å²) in [6.07, 6.45) is 3.23. The average molecular weight is 188 g/mol. The van der Waals surface area contributed by atoms with Gasteiger partial charge in [-0.3, -0.25) is 9.78 Å². The van der Waals surface area contributed by atoms with Gasteiger partial charge >= 0.3 is 0 Å². The summed E-state index contributed by atoms with van der Waals surface area (Å²) in [5.74, 6) is 1.03. The number of pyridine rings is 1. The minimum absolute atomic E-state index is 0.148. The molecule has 3 rings (SSSR count). The van der Waals surface area contributed by atoms with Crippen LogP contribution in [0.5, 0.6) is 0 Å². The lowest BCUT2D eigenvalue weighted by atomic mass is 10.1. The summed E-state index contributed by atoms with van der Waals surface area (Å²) in [7, 11) is 0. The lowest BCUT2D eigenvalue weighted by molar-refractivity contribution is -0.120. The van der Waals surface area contributed by atoms with Gasteiger partial charge in [-0.25, -0.2) is 0 Å². The van der Waals surface area contributed by atoms with Crippen LogP contribution in [0.1, 0.15) is 23.6 Å². The van der Waals surface area contributed by atoms with Crippen LogP contribution in [-0.2, 0) is 11.2 Å². The fourth-order valence-electron chi connectivity index (χ4n) is 2.43. The molecule has 1 heterocycles. The molecule has 0 aromatic carbocycles. The van der Waals surface area contributed by atoms with Gasteiger partial charge in [0.1, 0.15) is 0 Å². The van der Waals surface area contributed by atoms with Crippen molar-refractivity contribution in [2.75, 3.05) is 0 Å². The Morgan fingerprint density at radius 2 is 2.36 bits per heavy atom. The highest BCUT2D eigenvalue weighted by Gasteiger charge is 2.48. The molecular weight excluding hydrogens is 176 g/mol. The Balaban J connectivity index is 2.09. The zero-order chi connectivity index (χ0) is 9.71. The molecule has 14 heavy (non-hydrogen) atoms. The molecular formula is C11H12N2O. The molecule has 0 spiro atoms. The van der Waals surface area contributed by atoms with E-state index < -0.39 is 0 Å². The van der Waals surface area contributed by atoms with Crippen LogP contribution < -0.4 is 5.73 Å². The number of hydrogen-bond donors (Lipinski definition) is 1. The smallest absolute Gasteiger partial charge is 0.155 e. The Morgan fingerprint density at radius 3 is 3.21 bits per heavy atom. The molecule has 2 N–H and O–H groups in total. The molecule has 1 fully saturated rings. The van der Waals surface area contributed by atoms with Gasteiger partial charge in [-0.1, -0.05) is 6.07 Å². The fraction of sp³-hybridized carbons (Fsp3) is 0.455. The number of ketones is 1. The van der Waals surface area contributed by atoms with Crippen LogP contribution in [-0.4, -0.2) is 16.8 Å². The highest BCUT2D eigenvalue weighted by atomic mass is 16.1. The fourth-order valence-corrected chi connectivity index (χ4v) is 2.43. The number of carbonyl (C=O) groups excluding carboxylic acids is 1. The third kappa shape index (κ3) is 1.02. The van der Waals surface area contributed by atoms with Crippen molar-refractivity contribution >= 4 is 5.78 Å². The predicted molar refractivity (Wildman–Crippen MR) is 51.8 cm³/mol. The number of nitrogens with two attached hydrogens (primary N) is 1. The monoisotopic (exact) mass is 188 g/mol. The maximum Gasteiger partial charge on any atom is 0.155 e. The summed E-state index contributed by atoms with van der Waals surface area (Å²) < 4.78 is 0. The molecule has 3 heteroatoms. The maximum absolute atomic E-state index is 11.6. The standard InChI is InChI=1S/C11H12N2O/c12-11-8-4-7(8)6-2-1-3-13-9(6)5-10(11)14/h1-3,7-8,11H,4-5,12H2/t7-,8?,11-/m0/s1. The van der Waals surface area contributed by atoms with E-state index in [4.69, 9.17) is 5.73 Å². The lowest BCUT2D eigenvalue weighted by Crippen LogP contribution is -2.33. The second kappa shape index (κ2) is 2.64. The van der Waals surface area contributed by atoms with E-state index >= 15 is 0 Å². The largest absolute Gasteiger partial charge is 0.321 e. The first kappa shape index (κ1) is 8.12. The molecule has 0 bridgehead atoms. The highest BCUT2D eigenvalue weighted by Crippen LogP contribution is 2.51. The summed E-state index contributed by atoms with van der Waals surface area (Å²) in [4.78, 5) is 15.9. The number of rotatable bonds is 0. The molecule has 1 saturated carbocycles. The van der Waals surface area contributed by atoms with Crippen LogP contribution in [0.3, 0.4) is 0 Å². The Kier molecular flexibility index (Phi) is 1.53. The molecule has 3 atom stereocenters. The maximum atomic E-state index is 11.6. The molecule has 0 amide bonds. The van der Waals surface area contributed by atoms with E-state index in [0.717, 1.165) is 12.1 Å². The predicted octanol–water partition coefficient (Wildman–Crippen LogP) is 0.638. The number of hydrogen-bond acceptors (Lipinski definition) is 3. The summed E-state index contributed by atoms with van der Waals surface area (Å²) in [6, 6.07) is 3.77. The number of fused-ring (bicyclic) bond motifs is 3. The molecule has 1 aromatic heterocycles. The van der Waals surface area contributed by atoms with Gasteiger partial charge in [-0.15, -0.1) is 0 Å². The summed E-state index contributed by atoms with van der Waals surface area (Å²) >= 11 is 0. The minimum Gasteiger partial charge on any atom is -0.321 e. The second-order valence-electron chi connectivity index (χ2n) is 4.21. The van der Waals surface area contributed by atoms with Gasteiger partial charge in [-0.05, 0) is 29.9 Å².